The van der Waals surface area contributed by atoms with E-state index in [2.05, 4.69) is 36.0 Å². The molecule has 4 nitrogen and oxygen atoms in total. The van der Waals surface area contributed by atoms with Crippen molar-refractivity contribution < 1.29 is 4.79 Å². The number of hydrogen-bond donors (Lipinski definition) is 1. The second kappa shape index (κ2) is 5.80. The van der Waals surface area contributed by atoms with E-state index in [4.69, 9.17) is 0 Å². The first-order valence-electron chi connectivity index (χ1n) is 7.65. The van der Waals surface area contributed by atoms with Crippen molar-refractivity contribution in [2.75, 3.05) is 27.2 Å². The van der Waals surface area contributed by atoms with Crippen LogP contribution in [0.5, 0.6) is 0 Å². The van der Waals surface area contributed by atoms with E-state index in [9.17, 15) is 4.79 Å². The molecular weight excluding hydrogens is 238 g/mol. The van der Waals surface area contributed by atoms with E-state index in [1.165, 1.54) is 25.7 Å². The minimum Gasteiger partial charge on any atom is -0.332 e. The van der Waals surface area contributed by atoms with E-state index in [0.29, 0.717) is 11.9 Å². The smallest absolute Gasteiger partial charge is 0.240 e. The van der Waals surface area contributed by atoms with Crippen molar-refractivity contribution in [2.24, 2.45) is 0 Å². The van der Waals surface area contributed by atoms with E-state index in [1.807, 2.05) is 7.05 Å². The molecule has 1 unspecified atom stereocenters. The minimum atomic E-state index is -0.0308. The SMILES string of the molecule is CNCCC1C(=O)N(C2CCCC2)C(C)(C)CN1C. The number of hydrogen-bond acceptors (Lipinski definition) is 3. The Morgan fingerprint density at radius 2 is 1.95 bits per heavy atom. The first-order valence-corrected chi connectivity index (χ1v) is 7.65. The zero-order chi connectivity index (χ0) is 14.0. The molecular formula is C15H29N3O. The lowest BCUT2D eigenvalue weighted by atomic mass is 9.91. The number of piperazine rings is 1. The summed E-state index contributed by atoms with van der Waals surface area (Å²) in [6.45, 7) is 6.31. The van der Waals surface area contributed by atoms with Crippen LogP contribution in [0.3, 0.4) is 0 Å². The second-order valence-electron chi connectivity index (χ2n) is 6.78. The monoisotopic (exact) mass is 267 g/mol. The number of carbonyl (C=O) groups excluding carboxylic acids is 1. The predicted molar refractivity (Wildman–Crippen MR) is 78.1 cm³/mol. The van der Waals surface area contributed by atoms with Crippen LogP contribution in [-0.4, -0.2) is 60.5 Å². The highest BCUT2D eigenvalue weighted by molar-refractivity contribution is 5.84. The summed E-state index contributed by atoms with van der Waals surface area (Å²) in [5.41, 5.74) is -0.0308. The normalized spacial score (nSPS) is 29.2. The molecule has 1 aliphatic carbocycles. The number of rotatable bonds is 4. The van der Waals surface area contributed by atoms with Crippen LogP contribution < -0.4 is 5.32 Å². The van der Waals surface area contributed by atoms with Crippen LogP contribution in [0.2, 0.25) is 0 Å². The van der Waals surface area contributed by atoms with Gasteiger partial charge in [-0.05, 0) is 53.8 Å². The van der Waals surface area contributed by atoms with Gasteiger partial charge in [0.15, 0.2) is 0 Å². The summed E-state index contributed by atoms with van der Waals surface area (Å²) in [4.78, 5) is 17.4. The topological polar surface area (TPSA) is 35.6 Å². The molecule has 2 fully saturated rings. The largest absolute Gasteiger partial charge is 0.332 e. The van der Waals surface area contributed by atoms with Gasteiger partial charge in [-0.15, -0.1) is 0 Å². The molecule has 4 heteroatoms. The molecule has 110 valence electrons. The minimum absolute atomic E-state index is 0.0308. The van der Waals surface area contributed by atoms with Crippen molar-refractivity contribution in [3.63, 3.8) is 0 Å². The van der Waals surface area contributed by atoms with E-state index < -0.39 is 0 Å². The zero-order valence-corrected chi connectivity index (χ0v) is 12.9. The third-order valence-corrected chi connectivity index (χ3v) is 4.70. The highest BCUT2D eigenvalue weighted by Gasteiger charge is 2.46. The average molecular weight is 267 g/mol. The molecule has 19 heavy (non-hydrogen) atoms. The zero-order valence-electron chi connectivity index (χ0n) is 12.9. The van der Waals surface area contributed by atoms with E-state index in [1.54, 1.807) is 0 Å². The summed E-state index contributed by atoms with van der Waals surface area (Å²) in [7, 11) is 4.04. The lowest BCUT2D eigenvalue weighted by Gasteiger charge is -2.52. The summed E-state index contributed by atoms with van der Waals surface area (Å²) in [6.07, 6.45) is 5.85. The van der Waals surface area contributed by atoms with Gasteiger partial charge in [0, 0.05) is 12.6 Å². The van der Waals surface area contributed by atoms with Gasteiger partial charge < -0.3 is 10.2 Å². The Balaban J connectivity index is 2.15. The van der Waals surface area contributed by atoms with Crippen LogP contribution in [0, 0.1) is 0 Å². The molecule has 0 aromatic rings. The van der Waals surface area contributed by atoms with Gasteiger partial charge in [-0.3, -0.25) is 9.69 Å². The molecule has 1 N–H and O–H groups in total. The Hall–Kier alpha value is -0.610. The lowest BCUT2D eigenvalue weighted by Crippen LogP contribution is -2.67. The highest BCUT2D eigenvalue weighted by Crippen LogP contribution is 2.34. The summed E-state index contributed by atoms with van der Waals surface area (Å²) in [6, 6.07) is 0.536. The molecule has 2 aliphatic rings. The van der Waals surface area contributed by atoms with Gasteiger partial charge in [0.1, 0.15) is 0 Å². The van der Waals surface area contributed by atoms with Gasteiger partial charge in [-0.1, -0.05) is 12.8 Å². The van der Waals surface area contributed by atoms with Gasteiger partial charge in [-0.25, -0.2) is 0 Å². The maximum atomic E-state index is 12.9. The average Bonchev–Trinajstić information content (AvgIpc) is 2.80. The fourth-order valence-electron chi connectivity index (χ4n) is 3.91. The number of nitrogens with one attached hydrogen (secondary N) is 1. The van der Waals surface area contributed by atoms with Gasteiger partial charge in [0.2, 0.25) is 5.91 Å². The Bertz CT molecular complexity index is 323. The Morgan fingerprint density at radius 3 is 2.53 bits per heavy atom. The summed E-state index contributed by atoms with van der Waals surface area (Å²) >= 11 is 0. The molecule has 1 atom stereocenters. The standard InChI is InChI=1S/C15H29N3O/c1-15(2)11-17(4)13(9-10-16-3)14(19)18(15)12-7-5-6-8-12/h12-13,16H,5-11H2,1-4H3. The predicted octanol–water partition coefficient (Wildman–Crippen LogP) is 1.46. The van der Waals surface area contributed by atoms with Crippen LogP contribution in [-0.2, 0) is 4.79 Å². The van der Waals surface area contributed by atoms with Crippen molar-refractivity contribution in [3.8, 4) is 0 Å². The molecule has 1 saturated carbocycles. The number of nitrogens with zero attached hydrogens (tertiary/aromatic N) is 2. The number of likely N-dealkylation sites (N-methyl/N-ethyl adjacent to an activating group) is 1. The lowest BCUT2D eigenvalue weighted by molar-refractivity contribution is -0.154. The Labute approximate surface area is 117 Å². The molecule has 1 aliphatic heterocycles. The third kappa shape index (κ3) is 2.95. The van der Waals surface area contributed by atoms with Crippen molar-refractivity contribution in [2.45, 2.75) is 63.6 Å². The molecule has 2 rings (SSSR count). The molecule has 0 spiro atoms. The second-order valence-corrected chi connectivity index (χ2v) is 6.78. The van der Waals surface area contributed by atoms with Crippen molar-refractivity contribution in [1.82, 2.24) is 15.1 Å². The summed E-state index contributed by atoms with van der Waals surface area (Å²) in [5.74, 6) is 0.348. The van der Waals surface area contributed by atoms with Gasteiger partial charge in [0.05, 0.1) is 11.6 Å². The van der Waals surface area contributed by atoms with Crippen molar-refractivity contribution >= 4 is 5.91 Å². The van der Waals surface area contributed by atoms with E-state index in [0.717, 1.165) is 19.5 Å². The van der Waals surface area contributed by atoms with Gasteiger partial charge in [-0.2, -0.15) is 0 Å². The summed E-state index contributed by atoms with van der Waals surface area (Å²) < 4.78 is 0. The third-order valence-electron chi connectivity index (χ3n) is 4.70. The number of carbonyl (C=O) groups is 1. The van der Waals surface area contributed by atoms with Crippen LogP contribution in [0.4, 0.5) is 0 Å². The molecule has 1 amide bonds. The Kier molecular flexibility index (Phi) is 4.51. The van der Waals surface area contributed by atoms with Crippen LogP contribution in [0.1, 0.15) is 46.0 Å². The first kappa shape index (κ1) is 14.8. The van der Waals surface area contributed by atoms with Crippen LogP contribution in [0.25, 0.3) is 0 Å². The maximum Gasteiger partial charge on any atom is 0.240 e. The highest BCUT2D eigenvalue weighted by atomic mass is 16.2. The molecule has 0 bridgehead atoms. The molecule has 0 radical (unpaired) electrons. The maximum absolute atomic E-state index is 12.9. The fourth-order valence-corrected chi connectivity index (χ4v) is 3.91. The molecule has 1 saturated heterocycles. The number of amides is 1. The van der Waals surface area contributed by atoms with Gasteiger partial charge in [0.25, 0.3) is 0 Å². The molecule has 0 aromatic carbocycles. The van der Waals surface area contributed by atoms with E-state index in [-0.39, 0.29) is 11.6 Å². The fraction of sp³-hybridized carbons (Fsp3) is 0.933. The molecule has 0 aromatic heterocycles. The van der Waals surface area contributed by atoms with Crippen molar-refractivity contribution in [3.05, 3.63) is 0 Å². The Morgan fingerprint density at radius 1 is 1.32 bits per heavy atom. The quantitative estimate of drug-likeness (QED) is 0.837. The van der Waals surface area contributed by atoms with Crippen LogP contribution in [0.15, 0.2) is 0 Å². The molecule has 1 heterocycles. The first-order chi connectivity index (χ1) is 8.97. The summed E-state index contributed by atoms with van der Waals surface area (Å²) in [5, 5.41) is 3.16. The van der Waals surface area contributed by atoms with E-state index >= 15 is 0 Å². The van der Waals surface area contributed by atoms with Gasteiger partial charge >= 0.3 is 0 Å². The van der Waals surface area contributed by atoms with Crippen molar-refractivity contribution in [1.29, 1.82) is 0 Å². The van der Waals surface area contributed by atoms with Crippen LogP contribution >= 0.6 is 0 Å².